The van der Waals surface area contributed by atoms with Gasteiger partial charge in [0, 0.05) is 0 Å². The molecule has 0 aromatic carbocycles. The van der Waals surface area contributed by atoms with Gasteiger partial charge in [-0.15, -0.1) is 0 Å². The molecule has 1 aliphatic rings. The van der Waals surface area contributed by atoms with Gasteiger partial charge in [-0.2, -0.15) is 0 Å². The largest absolute Gasteiger partial charge is 0.546 e. The standard InChI is InChI=1S/C22H34N2O13/c1-5-14(17(28)29)35-19(31)20(34-10-9-24(2,3)4)36-16(27)12-22(21(32)33,11-15(25)26)37-18(30)13-7-6-8-23-13/h13-14,20,23H,5-12H2,1-4H3,(H2-,25,26,28,29,32,33)/t13-,14?,20?,22?/m0/s1. The SMILES string of the molecule is CCC(OC(=O)C(OCC[N+](C)(C)C)OC(=O)CC(CC(=O)O)(OC(=O)[C@@H]1CCCN1)C(=O)[O-])C(=O)O. The number of hydrogen-bond donors (Lipinski definition) is 3. The molecule has 0 radical (unpaired) electrons. The molecule has 4 atom stereocenters. The molecule has 3 N–H and O–H groups in total. The number of aliphatic carboxylic acids is 3. The van der Waals surface area contributed by atoms with Crippen LogP contribution in [-0.2, 0) is 47.7 Å². The second-order valence-corrected chi connectivity index (χ2v) is 9.48. The van der Waals surface area contributed by atoms with Crippen molar-refractivity contribution in [3.63, 3.8) is 0 Å². The molecule has 1 saturated heterocycles. The van der Waals surface area contributed by atoms with Gasteiger partial charge in [-0.1, -0.05) is 6.92 Å². The molecule has 0 aromatic heterocycles. The maximum atomic E-state index is 12.7. The number of carboxylic acid groups (broad SMARTS) is 3. The van der Waals surface area contributed by atoms with E-state index in [9.17, 15) is 39.0 Å². The van der Waals surface area contributed by atoms with E-state index in [4.69, 9.17) is 24.1 Å². The van der Waals surface area contributed by atoms with Crippen LogP contribution in [0.4, 0.5) is 0 Å². The molecule has 0 aliphatic carbocycles. The van der Waals surface area contributed by atoms with Crippen LogP contribution in [0.25, 0.3) is 0 Å². The topological polar surface area (TPSA) is 215 Å². The number of nitrogens with zero attached hydrogens (tertiary/aromatic N) is 1. The summed E-state index contributed by atoms with van der Waals surface area (Å²) in [5.74, 6) is -9.32. The zero-order valence-electron chi connectivity index (χ0n) is 21.2. The molecule has 0 aromatic rings. The van der Waals surface area contributed by atoms with Crippen LogP contribution in [0.15, 0.2) is 0 Å². The average molecular weight is 535 g/mol. The van der Waals surface area contributed by atoms with Crippen molar-refractivity contribution in [1.29, 1.82) is 0 Å². The quantitative estimate of drug-likeness (QED) is 0.0817. The monoisotopic (exact) mass is 534 g/mol. The zero-order valence-corrected chi connectivity index (χ0v) is 21.2. The molecule has 37 heavy (non-hydrogen) atoms. The number of esters is 3. The maximum Gasteiger partial charge on any atom is 0.377 e. The van der Waals surface area contributed by atoms with Crippen molar-refractivity contribution in [2.45, 2.75) is 63.1 Å². The Morgan fingerprint density at radius 1 is 1.08 bits per heavy atom. The molecular weight excluding hydrogens is 500 g/mol. The summed E-state index contributed by atoms with van der Waals surface area (Å²) in [6.45, 7) is 2.02. The first kappa shape index (κ1) is 31.7. The molecule has 1 aliphatic heterocycles. The van der Waals surface area contributed by atoms with Crippen molar-refractivity contribution in [2.24, 2.45) is 0 Å². The Morgan fingerprint density at radius 2 is 1.73 bits per heavy atom. The highest BCUT2D eigenvalue weighted by Crippen LogP contribution is 2.24. The number of carbonyl (C=O) groups excluding carboxylic acids is 4. The Morgan fingerprint density at radius 3 is 2.19 bits per heavy atom. The average Bonchev–Trinajstić information content (AvgIpc) is 3.30. The van der Waals surface area contributed by atoms with Crippen molar-refractivity contribution in [3.05, 3.63) is 0 Å². The maximum absolute atomic E-state index is 12.7. The highest BCUT2D eigenvalue weighted by molar-refractivity contribution is 5.91. The fraction of sp³-hybridized carbons (Fsp3) is 0.727. The Hall–Kier alpha value is -3.30. The number of quaternary nitrogens is 1. The summed E-state index contributed by atoms with van der Waals surface area (Å²) in [5, 5.41) is 33.0. The van der Waals surface area contributed by atoms with E-state index in [-0.39, 0.29) is 13.0 Å². The molecule has 15 nitrogen and oxygen atoms in total. The highest BCUT2D eigenvalue weighted by Gasteiger charge is 2.44. The highest BCUT2D eigenvalue weighted by atomic mass is 16.7. The molecule has 0 saturated carbocycles. The molecule has 0 spiro atoms. The molecule has 0 amide bonds. The lowest BCUT2D eigenvalue weighted by molar-refractivity contribution is -0.870. The summed E-state index contributed by atoms with van der Waals surface area (Å²) in [7, 11) is 5.40. The van der Waals surface area contributed by atoms with Gasteiger partial charge in [0.05, 0.1) is 40.0 Å². The van der Waals surface area contributed by atoms with Gasteiger partial charge in [-0.3, -0.25) is 14.4 Å². The Labute approximate surface area is 213 Å². The lowest BCUT2D eigenvalue weighted by Gasteiger charge is -2.33. The smallest absolute Gasteiger partial charge is 0.377 e. The van der Waals surface area contributed by atoms with E-state index in [1.165, 1.54) is 6.92 Å². The van der Waals surface area contributed by atoms with Gasteiger partial charge < -0.3 is 48.9 Å². The van der Waals surface area contributed by atoms with Crippen molar-refractivity contribution in [2.75, 3.05) is 40.8 Å². The van der Waals surface area contributed by atoms with Gasteiger partial charge in [0.15, 0.2) is 11.7 Å². The van der Waals surface area contributed by atoms with Crippen LogP contribution in [0.2, 0.25) is 0 Å². The third-order valence-electron chi connectivity index (χ3n) is 5.25. The second-order valence-electron chi connectivity index (χ2n) is 9.48. The summed E-state index contributed by atoms with van der Waals surface area (Å²) in [6.07, 6.45) is -5.58. The fourth-order valence-electron chi connectivity index (χ4n) is 3.20. The van der Waals surface area contributed by atoms with Crippen LogP contribution >= 0.6 is 0 Å². The second kappa shape index (κ2) is 13.9. The lowest BCUT2D eigenvalue weighted by atomic mass is 9.95. The number of rotatable bonds is 16. The number of carbonyl (C=O) groups is 6. The first-order valence-electron chi connectivity index (χ1n) is 11.5. The van der Waals surface area contributed by atoms with Crippen LogP contribution in [0.1, 0.15) is 39.0 Å². The molecule has 0 bridgehead atoms. The van der Waals surface area contributed by atoms with Crippen molar-refractivity contribution in [1.82, 2.24) is 5.32 Å². The van der Waals surface area contributed by atoms with Gasteiger partial charge in [0.2, 0.25) is 0 Å². The zero-order chi connectivity index (χ0) is 28.4. The van der Waals surface area contributed by atoms with E-state index in [1.807, 2.05) is 0 Å². The summed E-state index contributed by atoms with van der Waals surface area (Å²) >= 11 is 0. The normalized spacial score (nSPS) is 18.6. The lowest BCUT2D eigenvalue weighted by Crippen LogP contribution is -2.56. The molecule has 210 valence electrons. The molecular formula is C22H34N2O13. The van der Waals surface area contributed by atoms with Crippen LogP contribution in [0.3, 0.4) is 0 Å². The first-order valence-corrected chi connectivity index (χ1v) is 11.5. The van der Waals surface area contributed by atoms with Crippen LogP contribution in [0.5, 0.6) is 0 Å². The Balaban J connectivity index is 3.12. The number of hydrogen-bond acceptors (Lipinski definition) is 12. The summed E-state index contributed by atoms with van der Waals surface area (Å²) in [6, 6.07) is -0.910. The van der Waals surface area contributed by atoms with Crippen LogP contribution in [-0.4, -0.2) is 115 Å². The van der Waals surface area contributed by atoms with E-state index in [0.29, 0.717) is 30.4 Å². The van der Waals surface area contributed by atoms with Gasteiger partial charge in [0.25, 0.3) is 0 Å². The number of ether oxygens (including phenoxy) is 4. The molecule has 1 fully saturated rings. The molecule has 1 heterocycles. The van der Waals surface area contributed by atoms with Crippen LogP contribution < -0.4 is 10.4 Å². The number of likely N-dealkylation sites (N-methyl/N-ethyl adjacent to an activating group) is 1. The van der Waals surface area contributed by atoms with Gasteiger partial charge in [0.1, 0.15) is 19.2 Å². The van der Waals surface area contributed by atoms with Crippen molar-refractivity contribution >= 4 is 35.8 Å². The van der Waals surface area contributed by atoms with E-state index < -0.39 is 72.7 Å². The van der Waals surface area contributed by atoms with Gasteiger partial charge in [-0.25, -0.2) is 9.59 Å². The minimum atomic E-state index is -2.95. The summed E-state index contributed by atoms with van der Waals surface area (Å²) in [5.41, 5.74) is -2.95. The molecule has 3 unspecified atom stereocenters. The fourth-order valence-corrected chi connectivity index (χ4v) is 3.20. The van der Waals surface area contributed by atoms with Gasteiger partial charge >= 0.3 is 36.1 Å². The van der Waals surface area contributed by atoms with Crippen LogP contribution in [0, 0.1) is 0 Å². The molecule has 15 heteroatoms. The number of nitrogens with one attached hydrogen (secondary N) is 1. The van der Waals surface area contributed by atoms with E-state index >= 15 is 0 Å². The van der Waals surface area contributed by atoms with E-state index in [0.717, 1.165) is 0 Å². The van der Waals surface area contributed by atoms with E-state index in [1.54, 1.807) is 21.1 Å². The minimum absolute atomic E-state index is 0.113. The minimum Gasteiger partial charge on any atom is -0.546 e. The van der Waals surface area contributed by atoms with Crippen molar-refractivity contribution in [3.8, 4) is 0 Å². The predicted octanol–water partition coefficient (Wildman–Crippen LogP) is -2.37. The Kier molecular flexibility index (Phi) is 11.9. The first-order chi connectivity index (χ1) is 17.1. The Bertz CT molecular complexity index is 863. The summed E-state index contributed by atoms with van der Waals surface area (Å²) in [4.78, 5) is 72.2. The van der Waals surface area contributed by atoms with E-state index in [2.05, 4.69) is 5.32 Å². The molecule has 1 rings (SSSR count). The third-order valence-corrected chi connectivity index (χ3v) is 5.25. The number of carboxylic acids is 3. The van der Waals surface area contributed by atoms with Crippen molar-refractivity contribution < 1.29 is 67.5 Å². The summed E-state index contributed by atoms with van der Waals surface area (Å²) < 4.78 is 20.3. The predicted molar refractivity (Wildman–Crippen MR) is 118 cm³/mol. The third kappa shape index (κ3) is 10.7. The van der Waals surface area contributed by atoms with Gasteiger partial charge in [-0.05, 0) is 25.8 Å².